The predicted molar refractivity (Wildman–Crippen MR) is 48.9 cm³/mol. The third-order valence-electron chi connectivity index (χ3n) is 1.50. The van der Waals surface area contributed by atoms with E-state index in [0.717, 1.165) is 0 Å². The maximum Gasteiger partial charge on any atom is 0.139 e. The number of benzene rings is 1. The van der Waals surface area contributed by atoms with Crippen molar-refractivity contribution in [1.29, 1.82) is 0 Å². The van der Waals surface area contributed by atoms with E-state index in [1.165, 1.54) is 19.2 Å². The highest BCUT2D eigenvalue weighted by Gasteiger charge is 1.99. The Morgan fingerprint density at radius 1 is 1.54 bits per heavy atom. The summed E-state index contributed by atoms with van der Waals surface area (Å²) >= 11 is 0. The van der Waals surface area contributed by atoms with Crippen molar-refractivity contribution in [2.75, 3.05) is 13.7 Å². The van der Waals surface area contributed by atoms with Gasteiger partial charge < -0.3 is 10.5 Å². The summed E-state index contributed by atoms with van der Waals surface area (Å²) in [7, 11) is 1.52. The van der Waals surface area contributed by atoms with Crippen molar-refractivity contribution < 1.29 is 9.13 Å². The summed E-state index contributed by atoms with van der Waals surface area (Å²) in [5, 5.41) is 0. The molecule has 0 unspecified atom stereocenters. The van der Waals surface area contributed by atoms with E-state index < -0.39 is 0 Å². The Kier molecular flexibility index (Phi) is 3.30. The molecule has 0 amide bonds. The monoisotopic (exact) mass is 179 g/mol. The Bertz CT molecular complexity index is 352. The zero-order chi connectivity index (χ0) is 9.68. The van der Waals surface area contributed by atoms with E-state index in [0.29, 0.717) is 11.3 Å². The van der Waals surface area contributed by atoms with Crippen LogP contribution in [0.5, 0.6) is 5.75 Å². The Balaban J connectivity index is 3.04. The van der Waals surface area contributed by atoms with Crippen molar-refractivity contribution in [2.45, 2.75) is 0 Å². The predicted octanol–water partition coefficient (Wildman–Crippen LogP) is 1.14. The van der Waals surface area contributed by atoms with Gasteiger partial charge in [-0.3, -0.25) is 0 Å². The van der Waals surface area contributed by atoms with Crippen LogP contribution in [0.25, 0.3) is 0 Å². The van der Waals surface area contributed by atoms with E-state index in [9.17, 15) is 4.39 Å². The van der Waals surface area contributed by atoms with Crippen LogP contribution in [0.2, 0.25) is 0 Å². The zero-order valence-electron chi connectivity index (χ0n) is 7.30. The standard InChI is InChI=1S/C10H10FNO/c1-13-9-4-5-10(11)8(7-9)3-2-6-12/h4-5,7H,6,12H2,1H3. The molecule has 0 heterocycles. The van der Waals surface area contributed by atoms with Gasteiger partial charge in [-0.05, 0) is 18.2 Å². The van der Waals surface area contributed by atoms with Crippen LogP contribution in [-0.2, 0) is 0 Å². The van der Waals surface area contributed by atoms with Gasteiger partial charge in [-0.1, -0.05) is 11.8 Å². The molecule has 0 aliphatic carbocycles. The van der Waals surface area contributed by atoms with Gasteiger partial charge in [-0.15, -0.1) is 0 Å². The molecule has 13 heavy (non-hydrogen) atoms. The average molecular weight is 179 g/mol. The number of rotatable bonds is 1. The maximum atomic E-state index is 13.0. The highest BCUT2D eigenvalue weighted by atomic mass is 19.1. The minimum Gasteiger partial charge on any atom is -0.497 e. The number of nitrogens with two attached hydrogens (primary N) is 1. The van der Waals surface area contributed by atoms with Crippen molar-refractivity contribution in [3.05, 3.63) is 29.6 Å². The van der Waals surface area contributed by atoms with Crippen LogP contribution in [0.15, 0.2) is 18.2 Å². The topological polar surface area (TPSA) is 35.2 Å². The second-order valence-corrected chi connectivity index (χ2v) is 2.35. The Hall–Kier alpha value is -1.53. The van der Waals surface area contributed by atoms with Crippen LogP contribution in [0.4, 0.5) is 4.39 Å². The molecule has 0 atom stereocenters. The van der Waals surface area contributed by atoms with Crippen LogP contribution in [-0.4, -0.2) is 13.7 Å². The molecule has 68 valence electrons. The normalized spacial score (nSPS) is 8.85. The molecular weight excluding hydrogens is 169 g/mol. The Morgan fingerprint density at radius 2 is 2.31 bits per heavy atom. The SMILES string of the molecule is COc1ccc(F)c(C#CCN)c1. The van der Waals surface area contributed by atoms with E-state index in [4.69, 9.17) is 10.5 Å². The first-order valence-corrected chi connectivity index (χ1v) is 3.80. The molecule has 0 saturated heterocycles. The third-order valence-corrected chi connectivity index (χ3v) is 1.50. The van der Waals surface area contributed by atoms with Crippen molar-refractivity contribution in [3.8, 4) is 17.6 Å². The first-order chi connectivity index (χ1) is 6.27. The Labute approximate surface area is 76.5 Å². The van der Waals surface area contributed by atoms with Crippen molar-refractivity contribution in [2.24, 2.45) is 5.73 Å². The van der Waals surface area contributed by atoms with Crippen LogP contribution in [0.1, 0.15) is 5.56 Å². The lowest BCUT2D eigenvalue weighted by atomic mass is 10.2. The van der Waals surface area contributed by atoms with Gasteiger partial charge in [-0.25, -0.2) is 4.39 Å². The lowest BCUT2D eigenvalue weighted by Crippen LogP contribution is -1.94. The molecule has 0 saturated carbocycles. The molecule has 2 nitrogen and oxygen atoms in total. The van der Waals surface area contributed by atoms with Crippen LogP contribution in [0, 0.1) is 17.7 Å². The molecule has 0 aromatic heterocycles. The summed E-state index contributed by atoms with van der Waals surface area (Å²) in [6.07, 6.45) is 0. The number of hydrogen-bond acceptors (Lipinski definition) is 2. The van der Waals surface area contributed by atoms with E-state index in [1.54, 1.807) is 6.07 Å². The summed E-state index contributed by atoms with van der Waals surface area (Å²) in [6, 6.07) is 4.40. The molecule has 3 heteroatoms. The molecule has 1 aromatic rings. The largest absolute Gasteiger partial charge is 0.497 e. The molecular formula is C10H10FNO. The highest BCUT2D eigenvalue weighted by molar-refractivity contribution is 5.41. The summed E-state index contributed by atoms with van der Waals surface area (Å²) < 4.78 is 18.0. The fourth-order valence-electron chi connectivity index (χ4n) is 0.873. The van der Waals surface area contributed by atoms with Crippen molar-refractivity contribution in [1.82, 2.24) is 0 Å². The second kappa shape index (κ2) is 4.48. The van der Waals surface area contributed by atoms with Crippen molar-refractivity contribution >= 4 is 0 Å². The van der Waals surface area contributed by atoms with Crippen LogP contribution >= 0.6 is 0 Å². The molecule has 1 rings (SSSR count). The molecule has 0 bridgehead atoms. The maximum absolute atomic E-state index is 13.0. The molecule has 0 spiro atoms. The number of ether oxygens (including phenoxy) is 1. The van der Waals surface area contributed by atoms with Crippen molar-refractivity contribution in [3.63, 3.8) is 0 Å². The lowest BCUT2D eigenvalue weighted by Gasteiger charge is -1.99. The highest BCUT2D eigenvalue weighted by Crippen LogP contribution is 2.15. The van der Waals surface area contributed by atoms with Gasteiger partial charge in [0.15, 0.2) is 0 Å². The number of halogens is 1. The minimum atomic E-state index is -0.359. The summed E-state index contributed by atoms with van der Waals surface area (Å²) in [6.45, 7) is 0.219. The third kappa shape index (κ3) is 2.46. The lowest BCUT2D eigenvalue weighted by molar-refractivity contribution is 0.413. The average Bonchev–Trinajstić information content (AvgIpc) is 2.17. The number of methoxy groups -OCH3 is 1. The zero-order valence-corrected chi connectivity index (χ0v) is 7.30. The fraction of sp³-hybridized carbons (Fsp3) is 0.200. The van der Waals surface area contributed by atoms with Gasteiger partial charge in [-0.2, -0.15) is 0 Å². The van der Waals surface area contributed by atoms with Crippen LogP contribution < -0.4 is 10.5 Å². The van der Waals surface area contributed by atoms with Gasteiger partial charge in [0.25, 0.3) is 0 Å². The second-order valence-electron chi connectivity index (χ2n) is 2.35. The first-order valence-electron chi connectivity index (χ1n) is 3.80. The molecule has 0 radical (unpaired) electrons. The molecule has 0 fully saturated rings. The summed E-state index contributed by atoms with van der Waals surface area (Å²) in [5.74, 6) is 5.42. The minimum absolute atomic E-state index is 0.219. The van der Waals surface area contributed by atoms with E-state index in [1.807, 2.05) is 0 Å². The molecule has 0 aliphatic heterocycles. The molecule has 1 aromatic carbocycles. The summed E-state index contributed by atoms with van der Waals surface area (Å²) in [4.78, 5) is 0. The van der Waals surface area contributed by atoms with Gasteiger partial charge in [0, 0.05) is 0 Å². The fourth-order valence-corrected chi connectivity index (χ4v) is 0.873. The van der Waals surface area contributed by atoms with Gasteiger partial charge in [0.05, 0.1) is 19.2 Å². The Morgan fingerprint density at radius 3 is 2.92 bits per heavy atom. The van der Waals surface area contributed by atoms with E-state index in [2.05, 4.69) is 11.8 Å². The molecule has 0 aliphatic rings. The smallest absolute Gasteiger partial charge is 0.139 e. The van der Waals surface area contributed by atoms with Gasteiger partial charge in [0.2, 0.25) is 0 Å². The van der Waals surface area contributed by atoms with Gasteiger partial charge in [0.1, 0.15) is 11.6 Å². The van der Waals surface area contributed by atoms with E-state index >= 15 is 0 Å². The first kappa shape index (κ1) is 9.56. The quantitative estimate of drug-likeness (QED) is 0.656. The summed E-state index contributed by atoms with van der Waals surface area (Å²) in [5.41, 5.74) is 5.48. The molecule has 2 N–H and O–H groups in total. The number of hydrogen-bond donors (Lipinski definition) is 1. The van der Waals surface area contributed by atoms with Gasteiger partial charge >= 0.3 is 0 Å². The van der Waals surface area contributed by atoms with E-state index in [-0.39, 0.29) is 12.4 Å². The van der Waals surface area contributed by atoms with Crippen LogP contribution in [0.3, 0.4) is 0 Å².